The van der Waals surface area contributed by atoms with Gasteiger partial charge in [0.25, 0.3) is 0 Å². The van der Waals surface area contributed by atoms with E-state index in [1.54, 1.807) is 6.92 Å². The molecule has 71 heavy (non-hydrogen) atoms. The molecular weight excluding hydrogens is 992 g/mol. The summed E-state index contributed by atoms with van der Waals surface area (Å²) in [5.74, 6) is -3.05. The van der Waals surface area contributed by atoms with Crippen molar-refractivity contribution in [3.05, 3.63) is 125 Å². The van der Waals surface area contributed by atoms with E-state index >= 15 is 0 Å². The molecule has 12 nitrogen and oxygen atoms in total. The number of nitrogens with one attached hydrogen (secondary N) is 3. The number of carboxylic acids is 1. The molecule has 0 unspecified atom stereocenters. The fraction of sp³-hybridized carbons (Fsp3) is 0.482. The number of pyridine rings is 1. The number of amides is 2. The van der Waals surface area contributed by atoms with E-state index in [-0.39, 0.29) is 54.5 Å². The summed E-state index contributed by atoms with van der Waals surface area (Å²) >= 11 is -0.188. The molecule has 0 saturated carbocycles. The number of aliphatic carboxylic acids is 1. The van der Waals surface area contributed by atoms with Crippen molar-refractivity contribution in [2.24, 2.45) is 5.92 Å². The number of carbonyl (C=O) groups is 4. The van der Waals surface area contributed by atoms with Gasteiger partial charge in [0.2, 0.25) is 0 Å². The Labute approximate surface area is 430 Å². The van der Waals surface area contributed by atoms with E-state index in [1.165, 1.54) is 0 Å². The number of carbonyl (C=O) groups excluding carboxylic acids is 3. The predicted octanol–water partition coefficient (Wildman–Crippen LogP) is 10.1. The van der Waals surface area contributed by atoms with Gasteiger partial charge in [0.1, 0.15) is 12.3 Å². The molecule has 3 aromatic carbocycles. The first-order chi connectivity index (χ1) is 33.2. The summed E-state index contributed by atoms with van der Waals surface area (Å²) < 4.78 is 21.7. The van der Waals surface area contributed by atoms with Crippen molar-refractivity contribution in [2.45, 2.75) is 160 Å². The van der Waals surface area contributed by atoms with Gasteiger partial charge in [-0.1, -0.05) is 90.1 Å². The number of fused-ring (bicyclic) bond motifs is 4. The van der Waals surface area contributed by atoms with Crippen LogP contribution in [-0.4, -0.2) is 96.2 Å². The monoisotopic (exact) mass is 1070 g/mol. The van der Waals surface area contributed by atoms with Gasteiger partial charge in [-0.25, -0.2) is 9.78 Å². The van der Waals surface area contributed by atoms with Crippen molar-refractivity contribution in [3.8, 4) is 11.1 Å². The standard InChI is InChI=1S/C56H76N4O8SeSi2/c1-15-34(2)48(52(62)57-35(3)51(61)60-47(53(63)64)33-69-37-23-17-16-18-24-37)58-45-30-29-42-43(36(4)67-70(11,12)55(5,6)7)31-46(59-49(42)50(45)68-71(13,14)56(8,9)10)54(65)66-32-44-40-27-21-19-25-38(40)39-26-20-22-28-41(39)44/h16-31,34-36,44-45,47-48,50,58H,15,32-33H2,1-14H3,(H,57,62)(H,60,61)(H,63,64)/t34-,35-,36-,45+,47-,48-,50-/m0/s1. The number of hydrogen-bond acceptors (Lipinski definition) is 9. The zero-order chi connectivity index (χ0) is 52.2. The van der Waals surface area contributed by atoms with Crippen LogP contribution in [0.4, 0.5) is 0 Å². The van der Waals surface area contributed by atoms with E-state index in [9.17, 15) is 24.3 Å². The third-order valence-corrected chi connectivity index (χ3v) is 26.4. The van der Waals surface area contributed by atoms with Gasteiger partial charge in [-0.2, -0.15) is 0 Å². The number of rotatable bonds is 20. The fourth-order valence-electron chi connectivity index (χ4n) is 8.50. The van der Waals surface area contributed by atoms with Crippen molar-refractivity contribution in [1.82, 2.24) is 20.9 Å². The van der Waals surface area contributed by atoms with Gasteiger partial charge in [0, 0.05) is 11.5 Å². The molecule has 4 aromatic rings. The van der Waals surface area contributed by atoms with E-state index < -0.39 is 76.8 Å². The molecule has 2 amide bonds. The Morgan fingerprint density at radius 2 is 1.37 bits per heavy atom. The summed E-state index contributed by atoms with van der Waals surface area (Å²) in [7, 11) is -4.96. The Morgan fingerprint density at radius 3 is 1.93 bits per heavy atom. The van der Waals surface area contributed by atoms with Crippen LogP contribution in [-0.2, 0) is 28.0 Å². The molecule has 0 bridgehead atoms. The van der Waals surface area contributed by atoms with Gasteiger partial charge in [-0.3, -0.25) is 0 Å². The Kier molecular flexibility index (Phi) is 17.7. The summed E-state index contributed by atoms with van der Waals surface area (Å²) in [6.45, 7) is 29.6. The summed E-state index contributed by atoms with van der Waals surface area (Å²) in [4.78, 5) is 60.1. The van der Waals surface area contributed by atoms with E-state index in [2.05, 4.69) is 108 Å². The number of esters is 1. The number of ether oxygens (including phenoxy) is 1. The molecule has 1 aromatic heterocycles. The van der Waals surface area contributed by atoms with Gasteiger partial charge >= 0.3 is 200 Å². The summed E-state index contributed by atoms with van der Waals surface area (Å²) in [6, 6.07) is 24.3. The van der Waals surface area contributed by atoms with Crippen molar-refractivity contribution in [1.29, 1.82) is 0 Å². The van der Waals surface area contributed by atoms with Crippen LogP contribution < -0.4 is 20.4 Å². The molecule has 0 aliphatic heterocycles. The number of benzene rings is 3. The Bertz CT molecular complexity index is 2550. The third-order valence-electron chi connectivity index (χ3n) is 15.1. The van der Waals surface area contributed by atoms with Gasteiger partial charge in [-0.15, -0.1) is 0 Å². The average Bonchev–Trinajstić information content (AvgIpc) is 3.63. The maximum absolute atomic E-state index is 14.6. The van der Waals surface area contributed by atoms with Crippen molar-refractivity contribution >= 4 is 65.9 Å². The van der Waals surface area contributed by atoms with E-state index in [4.69, 9.17) is 18.6 Å². The predicted molar refractivity (Wildman–Crippen MR) is 289 cm³/mol. The average molecular weight is 1070 g/mol. The first-order valence-corrected chi connectivity index (χ1v) is 32.8. The van der Waals surface area contributed by atoms with E-state index in [0.29, 0.717) is 12.1 Å². The molecule has 0 radical (unpaired) electrons. The Hall–Kier alpha value is -4.74. The molecule has 2 aliphatic carbocycles. The normalized spacial score (nSPS) is 18.0. The zero-order valence-electron chi connectivity index (χ0n) is 44.1. The van der Waals surface area contributed by atoms with Crippen LogP contribution in [0.1, 0.15) is 132 Å². The van der Waals surface area contributed by atoms with Gasteiger partial charge in [0.05, 0.1) is 6.10 Å². The summed E-state index contributed by atoms with van der Waals surface area (Å²) in [5.41, 5.74) is 6.77. The molecule has 2 aliphatic rings. The number of carboxylic acid groups (broad SMARTS) is 1. The second-order valence-corrected chi connectivity index (χ2v) is 34.0. The van der Waals surface area contributed by atoms with Crippen molar-refractivity contribution in [2.75, 3.05) is 6.61 Å². The second-order valence-electron chi connectivity index (χ2n) is 22.2. The number of nitrogens with zero attached hydrogens (tertiary/aromatic N) is 1. The Balaban J connectivity index is 1.34. The van der Waals surface area contributed by atoms with E-state index in [0.717, 1.165) is 37.8 Å². The number of aromatic nitrogens is 1. The minimum atomic E-state index is -2.62. The fourth-order valence-corrected chi connectivity index (χ4v) is 13.1. The van der Waals surface area contributed by atoms with Crippen molar-refractivity contribution in [3.63, 3.8) is 0 Å². The van der Waals surface area contributed by atoms with Crippen LogP contribution >= 0.6 is 0 Å². The first-order valence-electron chi connectivity index (χ1n) is 25.0. The Morgan fingerprint density at radius 1 is 0.789 bits per heavy atom. The second kappa shape index (κ2) is 22.6. The summed E-state index contributed by atoms with van der Waals surface area (Å²) in [6.07, 6.45) is 3.47. The molecule has 15 heteroatoms. The quantitative estimate of drug-likeness (QED) is 0.0495. The molecule has 0 fully saturated rings. The zero-order valence-corrected chi connectivity index (χ0v) is 47.9. The van der Waals surface area contributed by atoms with E-state index in [1.807, 2.05) is 93.6 Å². The topological polar surface area (TPSA) is 165 Å². The molecular formula is C56H76N4O8SeSi2. The van der Waals surface area contributed by atoms with Crippen LogP contribution in [0, 0.1) is 5.92 Å². The van der Waals surface area contributed by atoms with Gasteiger partial charge in [-0.05, 0) is 77.1 Å². The van der Waals surface area contributed by atoms with Crippen LogP contribution in [0.2, 0.25) is 41.6 Å². The van der Waals surface area contributed by atoms with Gasteiger partial charge < -0.3 is 9.16 Å². The maximum atomic E-state index is 14.6. The van der Waals surface area contributed by atoms with Crippen LogP contribution in [0.15, 0.2) is 91.0 Å². The molecule has 0 saturated heterocycles. The molecule has 0 spiro atoms. The van der Waals surface area contributed by atoms with Gasteiger partial charge in [0.15, 0.2) is 16.6 Å². The molecule has 4 N–H and O–H groups in total. The SMILES string of the molecule is CC[C@H](C)[C@H](N[C@@H]1C=Cc2c([C@H](C)O[Si](C)(C)C(C)(C)C)cc(C(=O)OCC3c4ccccc4-c4ccccc43)nc2[C@H]1O[Si](C)(C)C(C)(C)C)C(=O)N[C@@H](C)C(=O)N[C@@H](C[Se]c1ccccc1)C(=O)O. The molecule has 1 heterocycles. The minimum absolute atomic E-state index is 0.0897. The molecule has 382 valence electrons. The van der Waals surface area contributed by atoms with Crippen molar-refractivity contribution < 1.29 is 37.9 Å². The summed E-state index contributed by atoms with van der Waals surface area (Å²) in [5, 5.41) is 19.2. The first kappa shape index (κ1) is 55.6. The van der Waals surface area contributed by atoms with Crippen LogP contribution in [0.3, 0.4) is 0 Å². The number of hydrogen-bond donors (Lipinski definition) is 4. The van der Waals surface area contributed by atoms with Crippen LogP contribution in [0.25, 0.3) is 17.2 Å². The third kappa shape index (κ3) is 12.9. The van der Waals surface area contributed by atoms with Crippen LogP contribution in [0.5, 0.6) is 0 Å². The molecule has 7 atom stereocenters. The molecule has 6 rings (SSSR count).